The minimum Gasteiger partial charge on any atom is -0.493 e. The molecule has 0 fully saturated rings. The Morgan fingerprint density at radius 2 is 1.84 bits per heavy atom. The monoisotopic (exact) mass is 547 g/mol. The predicted molar refractivity (Wildman–Crippen MR) is 145 cm³/mol. The van der Waals surface area contributed by atoms with Gasteiger partial charge in [0.1, 0.15) is 12.4 Å². The first kappa shape index (κ1) is 28.3. The maximum atomic E-state index is 13.5. The molecule has 10 heteroatoms. The highest BCUT2D eigenvalue weighted by molar-refractivity contribution is 7.09. The summed E-state index contributed by atoms with van der Waals surface area (Å²) in [5, 5.41) is 4.58. The number of ether oxygens (including phenoxy) is 2. The van der Waals surface area contributed by atoms with Crippen molar-refractivity contribution in [1.82, 2.24) is 9.80 Å². The van der Waals surface area contributed by atoms with Gasteiger partial charge in [-0.3, -0.25) is 4.79 Å². The molecule has 198 valence electrons. The molecule has 0 bridgehead atoms. The minimum absolute atomic E-state index is 0.0951. The van der Waals surface area contributed by atoms with E-state index in [-0.39, 0.29) is 23.5 Å². The van der Waals surface area contributed by atoms with Gasteiger partial charge in [-0.1, -0.05) is 23.7 Å². The van der Waals surface area contributed by atoms with E-state index in [1.165, 1.54) is 23.1 Å². The molecule has 37 heavy (non-hydrogen) atoms. The number of thiophene rings is 1. The van der Waals surface area contributed by atoms with Gasteiger partial charge in [-0.2, -0.15) is 0 Å². The maximum absolute atomic E-state index is 13.5. The number of amides is 3. The molecule has 1 N–H and O–H groups in total. The first-order valence-electron chi connectivity index (χ1n) is 11.8. The average Bonchev–Trinajstić information content (AvgIpc) is 3.39. The van der Waals surface area contributed by atoms with Crippen molar-refractivity contribution in [1.29, 1.82) is 0 Å². The summed E-state index contributed by atoms with van der Waals surface area (Å²) in [7, 11) is 3.17. The van der Waals surface area contributed by atoms with Crippen molar-refractivity contribution in [3.8, 4) is 11.5 Å². The van der Waals surface area contributed by atoms with Crippen molar-refractivity contribution in [3.05, 3.63) is 75.2 Å². The number of urea groups is 1. The van der Waals surface area contributed by atoms with Crippen LogP contribution < -0.4 is 14.8 Å². The van der Waals surface area contributed by atoms with E-state index < -0.39 is 11.8 Å². The van der Waals surface area contributed by atoms with Crippen molar-refractivity contribution in [2.75, 3.05) is 32.6 Å². The van der Waals surface area contributed by atoms with Gasteiger partial charge in [0, 0.05) is 23.2 Å². The Balaban J connectivity index is 1.73. The third-order valence-electron chi connectivity index (χ3n) is 5.76. The second-order valence-electron chi connectivity index (χ2n) is 8.61. The van der Waals surface area contributed by atoms with Gasteiger partial charge in [0.2, 0.25) is 5.91 Å². The fourth-order valence-corrected chi connectivity index (χ4v) is 4.59. The maximum Gasteiger partial charge on any atom is 0.322 e. The van der Waals surface area contributed by atoms with Gasteiger partial charge < -0.3 is 24.6 Å². The number of halogens is 2. The number of rotatable bonds is 11. The topological polar surface area (TPSA) is 71.1 Å². The van der Waals surface area contributed by atoms with Crippen LogP contribution in [0.4, 0.5) is 14.9 Å². The van der Waals surface area contributed by atoms with E-state index in [1.807, 2.05) is 49.6 Å². The van der Waals surface area contributed by atoms with Gasteiger partial charge in [-0.25, -0.2) is 9.18 Å². The number of carbonyl (C=O) groups excluding carboxylic acids is 2. The van der Waals surface area contributed by atoms with Crippen LogP contribution in [0, 0.1) is 5.82 Å². The molecule has 0 saturated carbocycles. The summed E-state index contributed by atoms with van der Waals surface area (Å²) < 4.78 is 24.2. The molecule has 0 unspecified atom stereocenters. The van der Waals surface area contributed by atoms with E-state index in [2.05, 4.69) is 5.32 Å². The third kappa shape index (κ3) is 7.84. The van der Waals surface area contributed by atoms with E-state index >= 15 is 0 Å². The first-order chi connectivity index (χ1) is 17.7. The molecule has 2 aromatic carbocycles. The summed E-state index contributed by atoms with van der Waals surface area (Å²) in [4.78, 5) is 30.7. The van der Waals surface area contributed by atoms with Crippen LogP contribution in [0.15, 0.2) is 53.9 Å². The summed E-state index contributed by atoms with van der Waals surface area (Å²) in [5.41, 5.74) is 1.34. The fourth-order valence-electron chi connectivity index (χ4n) is 3.69. The number of nitrogens with zero attached hydrogens (tertiary/aromatic N) is 2. The Morgan fingerprint density at radius 1 is 1.08 bits per heavy atom. The molecular weight excluding hydrogens is 517 g/mol. The SMILES string of the molecule is COc1ccc(CCN(Cc2cccs2)C(=O)CN(C(=O)Nc2ccc(F)c(Cl)c2)C(C)C)cc1OC. The van der Waals surface area contributed by atoms with Crippen LogP contribution >= 0.6 is 22.9 Å². The van der Waals surface area contributed by atoms with Crippen LogP contribution in [0.5, 0.6) is 11.5 Å². The molecule has 0 saturated heterocycles. The lowest BCUT2D eigenvalue weighted by molar-refractivity contribution is -0.132. The van der Waals surface area contributed by atoms with Crippen LogP contribution in [-0.4, -0.2) is 55.1 Å². The largest absolute Gasteiger partial charge is 0.493 e. The number of nitrogens with one attached hydrogen (secondary N) is 1. The van der Waals surface area contributed by atoms with Crippen LogP contribution in [0.1, 0.15) is 24.3 Å². The molecule has 3 rings (SSSR count). The number of methoxy groups -OCH3 is 2. The zero-order valence-corrected chi connectivity index (χ0v) is 22.9. The highest BCUT2D eigenvalue weighted by Crippen LogP contribution is 2.28. The second kappa shape index (κ2) is 13.3. The van der Waals surface area contributed by atoms with Crippen LogP contribution in [0.3, 0.4) is 0 Å². The standard InChI is InChI=1S/C27H31ClFN3O4S/c1-18(2)32(27(34)30-20-8-9-23(29)22(28)15-20)17-26(33)31(16-21-6-5-13-37-21)12-11-19-7-10-24(35-3)25(14-19)36-4/h5-10,13-15,18H,11-12,16-17H2,1-4H3,(H,30,34). The van der Waals surface area contributed by atoms with Gasteiger partial charge >= 0.3 is 6.03 Å². The second-order valence-corrected chi connectivity index (χ2v) is 10.1. The number of hydrogen-bond acceptors (Lipinski definition) is 5. The van der Waals surface area contributed by atoms with Crippen molar-refractivity contribution in [2.24, 2.45) is 0 Å². The molecule has 0 aliphatic carbocycles. The van der Waals surface area contributed by atoms with Crippen molar-refractivity contribution in [2.45, 2.75) is 32.9 Å². The number of carbonyl (C=O) groups is 2. The Hall–Kier alpha value is -3.30. The average molecular weight is 548 g/mol. The zero-order chi connectivity index (χ0) is 26.9. The molecule has 0 spiro atoms. The number of benzene rings is 2. The van der Waals surface area contributed by atoms with Crippen molar-refractivity contribution >= 4 is 40.6 Å². The van der Waals surface area contributed by atoms with Crippen LogP contribution in [-0.2, 0) is 17.8 Å². The van der Waals surface area contributed by atoms with E-state index in [0.717, 1.165) is 10.4 Å². The number of anilines is 1. The van der Waals surface area contributed by atoms with Crippen molar-refractivity contribution < 1.29 is 23.5 Å². The number of hydrogen-bond donors (Lipinski definition) is 1. The molecule has 1 aromatic heterocycles. The van der Waals surface area contributed by atoms with E-state index in [4.69, 9.17) is 21.1 Å². The lowest BCUT2D eigenvalue weighted by atomic mass is 10.1. The Morgan fingerprint density at radius 3 is 2.46 bits per heavy atom. The van der Waals surface area contributed by atoms with Gasteiger partial charge in [0.15, 0.2) is 11.5 Å². The van der Waals surface area contributed by atoms with Crippen molar-refractivity contribution in [3.63, 3.8) is 0 Å². The quantitative estimate of drug-likeness (QED) is 0.316. The lowest BCUT2D eigenvalue weighted by Gasteiger charge is -2.30. The minimum atomic E-state index is -0.575. The van der Waals surface area contributed by atoms with E-state index in [1.54, 1.807) is 30.5 Å². The first-order valence-corrected chi connectivity index (χ1v) is 13.0. The van der Waals surface area contributed by atoms with Crippen LogP contribution in [0.2, 0.25) is 5.02 Å². The molecule has 0 aliphatic heterocycles. The molecule has 0 aliphatic rings. The van der Waals surface area contributed by atoms with E-state index in [9.17, 15) is 14.0 Å². The summed E-state index contributed by atoms with van der Waals surface area (Å²) >= 11 is 7.41. The van der Waals surface area contributed by atoms with Gasteiger partial charge in [0.05, 0.1) is 25.8 Å². The summed E-state index contributed by atoms with van der Waals surface area (Å²) in [6, 6.07) is 12.8. The molecule has 7 nitrogen and oxygen atoms in total. The third-order valence-corrected chi connectivity index (χ3v) is 6.91. The van der Waals surface area contributed by atoms with Gasteiger partial charge in [-0.15, -0.1) is 11.3 Å². The summed E-state index contributed by atoms with van der Waals surface area (Å²) in [6.45, 7) is 4.43. The summed E-state index contributed by atoms with van der Waals surface area (Å²) in [5.74, 6) is 0.502. The normalized spacial score (nSPS) is 10.8. The Labute approximate surface area is 225 Å². The Bertz CT molecular complexity index is 1210. The smallest absolute Gasteiger partial charge is 0.322 e. The van der Waals surface area contributed by atoms with Gasteiger partial charge in [0.25, 0.3) is 0 Å². The lowest BCUT2D eigenvalue weighted by Crippen LogP contribution is -2.47. The highest BCUT2D eigenvalue weighted by Gasteiger charge is 2.24. The molecule has 0 radical (unpaired) electrons. The predicted octanol–water partition coefficient (Wildman–Crippen LogP) is 6.07. The fraction of sp³-hybridized carbons (Fsp3) is 0.333. The molecule has 3 aromatic rings. The Kier molecular flexibility index (Phi) is 10.2. The molecule has 1 heterocycles. The molecular formula is C27H31ClFN3O4S. The zero-order valence-electron chi connectivity index (χ0n) is 21.3. The summed E-state index contributed by atoms with van der Waals surface area (Å²) in [6.07, 6.45) is 0.597. The van der Waals surface area contributed by atoms with E-state index in [0.29, 0.717) is 36.7 Å². The molecule has 3 amide bonds. The highest BCUT2D eigenvalue weighted by atomic mass is 35.5. The van der Waals surface area contributed by atoms with Gasteiger partial charge in [-0.05, 0) is 67.6 Å². The molecule has 0 atom stereocenters. The van der Waals surface area contributed by atoms with Crippen LogP contribution in [0.25, 0.3) is 0 Å².